The van der Waals surface area contributed by atoms with E-state index in [4.69, 9.17) is 0 Å². The standard InChI is InChI=1S/C21H23F3N2/c22-21(23,24)17-3-1-2-16(12-17)14-4-6-15(7-5-14)19-13-20(19)26-11-10-25-18-8-9-18/h1-7,12,18-20,25-26H,8-11,13H2. The van der Waals surface area contributed by atoms with Crippen LogP contribution in [0.2, 0.25) is 0 Å². The summed E-state index contributed by atoms with van der Waals surface area (Å²) in [6.45, 7) is 2.00. The first-order valence-electron chi connectivity index (χ1n) is 9.25. The van der Waals surface area contributed by atoms with Crippen LogP contribution >= 0.6 is 0 Å². The summed E-state index contributed by atoms with van der Waals surface area (Å²) in [5.41, 5.74) is 2.07. The lowest BCUT2D eigenvalue weighted by molar-refractivity contribution is -0.137. The summed E-state index contributed by atoms with van der Waals surface area (Å²) in [6.07, 6.45) is -0.557. The second-order valence-electron chi connectivity index (χ2n) is 7.33. The predicted molar refractivity (Wildman–Crippen MR) is 97.1 cm³/mol. The molecule has 0 spiro atoms. The van der Waals surface area contributed by atoms with E-state index in [1.165, 1.54) is 30.5 Å². The van der Waals surface area contributed by atoms with Gasteiger partial charge in [0, 0.05) is 31.1 Å². The van der Waals surface area contributed by atoms with E-state index in [-0.39, 0.29) is 0 Å². The minimum Gasteiger partial charge on any atom is -0.313 e. The Hall–Kier alpha value is -1.85. The van der Waals surface area contributed by atoms with E-state index in [1.54, 1.807) is 6.07 Å². The van der Waals surface area contributed by atoms with E-state index in [1.807, 2.05) is 24.3 Å². The zero-order valence-electron chi connectivity index (χ0n) is 14.5. The molecule has 0 aromatic heterocycles. The van der Waals surface area contributed by atoms with Crippen molar-refractivity contribution in [2.75, 3.05) is 13.1 Å². The highest BCUT2D eigenvalue weighted by Gasteiger charge is 2.37. The first-order valence-corrected chi connectivity index (χ1v) is 9.25. The van der Waals surface area contributed by atoms with Gasteiger partial charge < -0.3 is 10.6 Å². The number of hydrogen-bond acceptors (Lipinski definition) is 2. The maximum atomic E-state index is 12.9. The Labute approximate surface area is 151 Å². The van der Waals surface area contributed by atoms with E-state index in [9.17, 15) is 13.2 Å². The molecule has 0 bridgehead atoms. The summed E-state index contributed by atoms with van der Waals surface area (Å²) < 4.78 is 38.6. The molecule has 2 aliphatic rings. The van der Waals surface area contributed by atoms with Gasteiger partial charge in [-0.2, -0.15) is 13.2 Å². The molecular weight excluding hydrogens is 337 g/mol. The van der Waals surface area contributed by atoms with E-state index in [0.717, 1.165) is 37.2 Å². The Morgan fingerprint density at radius 2 is 1.62 bits per heavy atom. The van der Waals surface area contributed by atoms with Crippen LogP contribution in [-0.2, 0) is 6.18 Å². The molecule has 2 nitrogen and oxygen atoms in total. The van der Waals surface area contributed by atoms with Crippen molar-refractivity contribution in [3.8, 4) is 11.1 Å². The fourth-order valence-electron chi connectivity index (χ4n) is 3.41. The van der Waals surface area contributed by atoms with Crippen molar-refractivity contribution in [2.24, 2.45) is 0 Å². The third-order valence-electron chi connectivity index (χ3n) is 5.19. The first kappa shape index (κ1) is 17.6. The first-order chi connectivity index (χ1) is 12.5. The Bertz CT molecular complexity index is 751. The van der Waals surface area contributed by atoms with Gasteiger partial charge >= 0.3 is 6.18 Å². The average Bonchev–Trinajstić information content (AvgIpc) is 3.53. The molecule has 2 aliphatic carbocycles. The smallest absolute Gasteiger partial charge is 0.313 e. The number of rotatable bonds is 7. The largest absolute Gasteiger partial charge is 0.416 e. The van der Waals surface area contributed by atoms with Crippen LogP contribution in [0.15, 0.2) is 48.5 Å². The molecule has 2 aromatic carbocycles. The summed E-state index contributed by atoms with van der Waals surface area (Å²) in [6, 6.07) is 14.7. The summed E-state index contributed by atoms with van der Waals surface area (Å²) in [5.74, 6) is 0.520. The monoisotopic (exact) mass is 360 g/mol. The number of nitrogens with one attached hydrogen (secondary N) is 2. The molecule has 0 amide bonds. The molecule has 4 rings (SSSR count). The zero-order valence-corrected chi connectivity index (χ0v) is 14.5. The molecule has 0 heterocycles. The van der Waals surface area contributed by atoms with Crippen molar-refractivity contribution < 1.29 is 13.2 Å². The van der Waals surface area contributed by atoms with E-state index in [0.29, 0.717) is 17.5 Å². The zero-order chi connectivity index (χ0) is 18.1. The highest BCUT2D eigenvalue weighted by molar-refractivity contribution is 5.65. The molecule has 2 aromatic rings. The molecule has 0 saturated heterocycles. The second kappa shape index (κ2) is 7.05. The van der Waals surface area contributed by atoms with Crippen molar-refractivity contribution in [1.82, 2.24) is 10.6 Å². The third kappa shape index (κ3) is 4.27. The van der Waals surface area contributed by atoms with Crippen LogP contribution in [-0.4, -0.2) is 25.2 Å². The quantitative estimate of drug-likeness (QED) is 0.707. The fraction of sp³-hybridized carbons (Fsp3) is 0.429. The summed E-state index contributed by atoms with van der Waals surface area (Å²) in [7, 11) is 0. The third-order valence-corrected chi connectivity index (χ3v) is 5.19. The van der Waals surface area contributed by atoms with Crippen LogP contribution < -0.4 is 10.6 Å². The molecule has 0 radical (unpaired) electrons. The molecular formula is C21H23F3N2. The maximum absolute atomic E-state index is 12.9. The van der Waals surface area contributed by atoms with Crippen molar-refractivity contribution in [2.45, 2.75) is 43.4 Å². The number of halogens is 3. The van der Waals surface area contributed by atoms with Gasteiger partial charge in [-0.3, -0.25) is 0 Å². The van der Waals surface area contributed by atoms with Crippen LogP contribution in [0, 0.1) is 0 Å². The maximum Gasteiger partial charge on any atom is 0.416 e. The highest BCUT2D eigenvalue weighted by Crippen LogP contribution is 2.41. The van der Waals surface area contributed by atoms with Crippen LogP contribution in [0.25, 0.3) is 11.1 Å². The van der Waals surface area contributed by atoms with Crippen LogP contribution in [0.3, 0.4) is 0 Å². The summed E-state index contributed by atoms with van der Waals surface area (Å²) in [5, 5.41) is 7.06. The molecule has 0 aliphatic heterocycles. The predicted octanol–water partition coefficient (Wildman–Crippen LogP) is 4.57. The molecule has 2 atom stereocenters. The molecule has 138 valence electrons. The minimum absolute atomic E-state index is 0.520. The Morgan fingerprint density at radius 3 is 2.31 bits per heavy atom. The SMILES string of the molecule is FC(F)(F)c1cccc(-c2ccc(C3CC3NCCNC3CC3)cc2)c1. The number of hydrogen-bond donors (Lipinski definition) is 2. The van der Waals surface area contributed by atoms with Gasteiger partial charge in [0.05, 0.1) is 5.56 Å². The summed E-state index contributed by atoms with van der Waals surface area (Å²) in [4.78, 5) is 0. The van der Waals surface area contributed by atoms with Gasteiger partial charge in [-0.1, -0.05) is 36.4 Å². The molecule has 26 heavy (non-hydrogen) atoms. The summed E-state index contributed by atoms with van der Waals surface area (Å²) >= 11 is 0. The van der Waals surface area contributed by atoms with Gasteiger partial charge in [-0.05, 0) is 48.1 Å². The van der Waals surface area contributed by atoms with Gasteiger partial charge in [-0.15, -0.1) is 0 Å². The van der Waals surface area contributed by atoms with Crippen LogP contribution in [0.5, 0.6) is 0 Å². The van der Waals surface area contributed by atoms with Crippen molar-refractivity contribution in [3.63, 3.8) is 0 Å². The minimum atomic E-state index is -4.31. The lowest BCUT2D eigenvalue weighted by Gasteiger charge is -2.10. The highest BCUT2D eigenvalue weighted by atomic mass is 19.4. The van der Waals surface area contributed by atoms with Crippen molar-refractivity contribution in [3.05, 3.63) is 59.7 Å². The van der Waals surface area contributed by atoms with Crippen LogP contribution in [0.4, 0.5) is 13.2 Å². The lowest BCUT2D eigenvalue weighted by atomic mass is 10.0. The van der Waals surface area contributed by atoms with Gasteiger partial charge in [0.25, 0.3) is 0 Å². The lowest BCUT2D eigenvalue weighted by Crippen LogP contribution is -2.30. The van der Waals surface area contributed by atoms with Gasteiger partial charge in [0.2, 0.25) is 0 Å². The number of benzene rings is 2. The molecule has 2 saturated carbocycles. The topological polar surface area (TPSA) is 24.1 Å². The van der Waals surface area contributed by atoms with Crippen LogP contribution in [0.1, 0.15) is 36.3 Å². The van der Waals surface area contributed by atoms with E-state index in [2.05, 4.69) is 10.6 Å². The normalized spacial score (nSPS) is 22.4. The molecule has 5 heteroatoms. The van der Waals surface area contributed by atoms with Crippen molar-refractivity contribution in [1.29, 1.82) is 0 Å². The molecule has 2 unspecified atom stereocenters. The Balaban J connectivity index is 1.34. The van der Waals surface area contributed by atoms with Crippen molar-refractivity contribution >= 4 is 0 Å². The van der Waals surface area contributed by atoms with Gasteiger partial charge in [0.1, 0.15) is 0 Å². The van der Waals surface area contributed by atoms with E-state index >= 15 is 0 Å². The van der Waals surface area contributed by atoms with Gasteiger partial charge in [0.15, 0.2) is 0 Å². The average molecular weight is 360 g/mol. The Kier molecular flexibility index (Phi) is 4.76. The van der Waals surface area contributed by atoms with Gasteiger partial charge in [-0.25, -0.2) is 0 Å². The van der Waals surface area contributed by atoms with E-state index < -0.39 is 11.7 Å². The second-order valence-corrected chi connectivity index (χ2v) is 7.33. The molecule has 2 N–H and O–H groups in total. The fourth-order valence-corrected chi connectivity index (χ4v) is 3.41. The molecule has 2 fully saturated rings. The Morgan fingerprint density at radius 1 is 0.885 bits per heavy atom. The number of alkyl halides is 3.